The van der Waals surface area contributed by atoms with Gasteiger partial charge in [0.05, 0.1) is 12.1 Å². The van der Waals surface area contributed by atoms with Crippen LogP contribution in [0.15, 0.2) is 16.5 Å². The Labute approximate surface area is 94.3 Å². The van der Waals surface area contributed by atoms with E-state index in [1.807, 2.05) is 11.9 Å². The molecule has 0 aromatic carbocycles. The van der Waals surface area contributed by atoms with Crippen LogP contribution in [0.3, 0.4) is 0 Å². The van der Waals surface area contributed by atoms with Crippen molar-refractivity contribution >= 4 is 5.97 Å². The lowest BCUT2D eigenvalue weighted by molar-refractivity contribution is 0.0402. The Morgan fingerprint density at radius 1 is 1.50 bits per heavy atom. The summed E-state index contributed by atoms with van der Waals surface area (Å²) in [5.74, 6) is -0.563. The van der Waals surface area contributed by atoms with Crippen molar-refractivity contribution < 1.29 is 19.4 Å². The number of carboxylic acid groups (broad SMARTS) is 1. The van der Waals surface area contributed by atoms with Crippen LogP contribution in [0.25, 0.3) is 0 Å². The number of likely N-dealkylation sites (N-methyl/N-ethyl adjacent to an activating group) is 1. The summed E-state index contributed by atoms with van der Waals surface area (Å²) in [6.45, 7) is 4.38. The van der Waals surface area contributed by atoms with Gasteiger partial charge in [-0.2, -0.15) is 0 Å². The molecule has 2 N–H and O–H groups in total. The van der Waals surface area contributed by atoms with Gasteiger partial charge in [0.2, 0.25) is 5.76 Å². The lowest BCUT2D eigenvalue weighted by atomic mass is 10.1. The summed E-state index contributed by atoms with van der Waals surface area (Å²) in [5, 5.41) is 18.3. The van der Waals surface area contributed by atoms with Crippen LogP contribution >= 0.6 is 0 Å². The standard InChI is InChI=1S/C11H17NO4/c1-11(2,15)7-12(3)6-8-4-5-9(16-8)10(13)14/h4-5,15H,6-7H2,1-3H3,(H,13,14). The maximum absolute atomic E-state index is 10.6. The molecule has 1 rings (SSSR count). The summed E-state index contributed by atoms with van der Waals surface area (Å²) in [7, 11) is 1.83. The molecule has 1 aromatic rings. The van der Waals surface area contributed by atoms with Crippen LogP contribution in [-0.4, -0.2) is 40.3 Å². The normalized spacial score (nSPS) is 12.1. The number of hydrogen-bond acceptors (Lipinski definition) is 4. The van der Waals surface area contributed by atoms with Crippen LogP contribution in [-0.2, 0) is 6.54 Å². The van der Waals surface area contributed by atoms with Crippen molar-refractivity contribution in [1.29, 1.82) is 0 Å². The van der Waals surface area contributed by atoms with Crippen molar-refractivity contribution in [3.8, 4) is 0 Å². The summed E-state index contributed by atoms with van der Waals surface area (Å²) in [5.41, 5.74) is -0.781. The van der Waals surface area contributed by atoms with E-state index in [1.165, 1.54) is 6.07 Å². The highest BCUT2D eigenvalue weighted by Gasteiger charge is 2.17. The number of nitrogens with zero attached hydrogens (tertiary/aromatic N) is 1. The van der Waals surface area contributed by atoms with E-state index in [1.54, 1.807) is 19.9 Å². The van der Waals surface area contributed by atoms with Crippen molar-refractivity contribution in [2.75, 3.05) is 13.6 Å². The highest BCUT2D eigenvalue weighted by Crippen LogP contribution is 2.11. The molecule has 0 saturated heterocycles. The van der Waals surface area contributed by atoms with E-state index in [9.17, 15) is 9.90 Å². The molecule has 0 unspecified atom stereocenters. The van der Waals surface area contributed by atoms with E-state index in [2.05, 4.69) is 0 Å². The molecular formula is C11H17NO4. The summed E-state index contributed by atoms with van der Waals surface area (Å²) >= 11 is 0. The maximum Gasteiger partial charge on any atom is 0.371 e. The second-order valence-corrected chi connectivity index (χ2v) is 4.56. The minimum Gasteiger partial charge on any atom is -0.475 e. The zero-order chi connectivity index (χ0) is 12.3. The molecule has 1 heterocycles. The average Bonchev–Trinajstić information content (AvgIpc) is 2.48. The first-order valence-electron chi connectivity index (χ1n) is 5.01. The molecule has 0 atom stereocenters. The Morgan fingerprint density at radius 2 is 2.12 bits per heavy atom. The summed E-state index contributed by atoms with van der Waals surface area (Å²) in [6.07, 6.45) is 0. The third-order valence-corrected chi connectivity index (χ3v) is 1.96. The first-order valence-corrected chi connectivity index (χ1v) is 5.01. The van der Waals surface area contributed by atoms with Crippen molar-refractivity contribution in [1.82, 2.24) is 4.90 Å². The quantitative estimate of drug-likeness (QED) is 0.790. The molecule has 0 radical (unpaired) electrons. The van der Waals surface area contributed by atoms with E-state index in [0.29, 0.717) is 18.8 Å². The Kier molecular flexibility index (Phi) is 3.72. The molecule has 0 aliphatic heterocycles. The second-order valence-electron chi connectivity index (χ2n) is 4.56. The molecule has 0 saturated carbocycles. The van der Waals surface area contributed by atoms with Gasteiger partial charge in [0.1, 0.15) is 5.76 Å². The smallest absolute Gasteiger partial charge is 0.371 e. The number of carboxylic acids is 1. The Hall–Kier alpha value is -1.33. The lowest BCUT2D eigenvalue weighted by Gasteiger charge is -2.24. The van der Waals surface area contributed by atoms with Crippen LogP contribution < -0.4 is 0 Å². The van der Waals surface area contributed by atoms with Crippen molar-refractivity contribution in [2.24, 2.45) is 0 Å². The molecule has 90 valence electrons. The average molecular weight is 227 g/mol. The summed E-state index contributed by atoms with van der Waals surface area (Å²) in [6, 6.07) is 3.06. The van der Waals surface area contributed by atoms with Crippen molar-refractivity contribution in [3.63, 3.8) is 0 Å². The summed E-state index contributed by atoms with van der Waals surface area (Å²) < 4.78 is 5.11. The minimum atomic E-state index is -1.07. The lowest BCUT2D eigenvalue weighted by Crippen LogP contribution is -2.35. The number of aromatic carboxylic acids is 1. The SMILES string of the molecule is CN(Cc1ccc(C(=O)O)o1)CC(C)(C)O. The zero-order valence-electron chi connectivity index (χ0n) is 9.73. The van der Waals surface area contributed by atoms with Gasteiger partial charge in [0.15, 0.2) is 0 Å². The third kappa shape index (κ3) is 4.04. The first-order chi connectivity index (χ1) is 7.28. The minimum absolute atomic E-state index is 0.0633. The fraction of sp³-hybridized carbons (Fsp3) is 0.545. The van der Waals surface area contributed by atoms with Gasteiger partial charge in [-0.05, 0) is 33.0 Å². The number of furan rings is 1. The molecule has 5 heteroatoms. The van der Waals surface area contributed by atoms with Gasteiger partial charge < -0.3 is 14.6 Å². The van der Waals surface area contributed by atoms with Gasteiger partial charge in [-0.25, -0.2) is 4.79 Å². The van der Waals surface area contributed by atoms with Gasteiger partial charge in [0.25, 0.3) is 0 Å². The largest absolute Gasteiger partial charge is 0.475 e. The molecule has 0 aliphatic rings. The van der Waals surface area contributed by atoms with Gasteiger partial charge in [-0.1, -0.05) is 0 Å². The topological polar surface area (TPSA) is 73.9 Å². The molecule has 0 aliphatic carbocycles. The maximum atomic E-state index is 10.6. The number of hydrogen-bond donors (Lipinski definition) is 2. The van der Waals surface area contributed by atoms with E-state index in [0.717, 1.165) is 0 Å². The number of rotatable bonds is 5. The Balaban J connectivity index is 2.56. The predicted molar refractivity (Wildman–Crippen MR) is 58.3 cm³/mol. The second kappa shape index (κ2) is 4.67. The highest BCUT2D eigenvalue weighted by atomic mass is 16.4. The van der Waals surface area contributed by atoms with Crippen LogP contribution in [0.1, 0.15) is 30.2 Å². The summed E-state index contributed by atoms with van der Waals surface area (Å²) in [4.78, 5) is 12.4. The van der Waals surface area contributed by atoms with Crippen LogP contribution in [0, 0.1) is 0 Å². The van der Waals surface area contributed by atoms with Crippen molar-refractivity contribution in [2.45, 2.75) is 26.0 Å². The molecule has 0 fully saturated rings. The number of carbonyl (C=O) groups is 1. The van der Waals surface area contributed by atoms with Crippen LogP contribution in [0.5, 0.6) is 0 Å². The van der Waals surface area contributed by atoms with E-state index < -0.39 is 11.6 Å². The Bertz CT molecular complexity index is 364. The molecule has 0 bridgehead atoms. The van der Waals surface area contributed by atoms with E-state index in [4.69, 9.17) is 9.52 Å². The van der Waals surface area contributed by atoms with Crippen LogP contribution in [0.2, 0.25) is 0 Å². The fourth-order valence-electron chi connectivity index (χ4n) is 1.56. The predicted octanol–water partition coefficient (Wildman–Crippen LogP) is 1.18. The Morgan fingerprint density at radius 3 is 2.56 bits per heavy atom. The van der Waals surface area contributed by atoms with Gasteiger partial charge in [-0.3, -0.25) is 4.90 Å². The fourth-order valence-corrected chi connectivity index (χ4v) is 1.56. The van der Waals surface area contributed by atoms with E-state index in [-0.39, 0.29) is 5.76 Å². The highest BCUT2D eigenvalue weighted by molar-refractivity contribution is 5.84. The molecule has 16 heavy (non-hydrogen) atoms. The molecule has 1 aromatic heterocycles. The van der Waals surface area contributed by atoms with Gasteiger partial charge in [-0.15, -0.1) is 0 Å². The zero-order valence-corrected chi connectivity index (χ0v) is 9.73. The van der Waals surface area contributed by atoms with Gasteiger partial charge >= 0.3 is 5.97 Å². The van der Waals surface area contributed by atoms with Crippen LogP contribution in [0.4, 0.5) is 0 Å². The first kappa shape index (κ1) is 12.7. The van der Waals surface area contributed by atoms with E-state index >= 15 is 0 Å². The molecule has 0 amide bonds. The molecular weight excluding hydrogens is 210 g/mol. The monoisotopic (exact) mass is 227 g/mol. The number of aliphatic hydroxyl groups is 1. The van der Waals surface area contributed by atoms with Crippen molar-refractivity contribution in [3.05, 3.63) is 23.7 Å². The van der Waals surface area contributed by atoms with Gasteiger partial charge in [0, 0.05) is 6.54 Å². The molecule has 0 spiro atoms. The molecule has 5 nitrogen and oxygen atoms in total. The third-order valence-electron chi connectivity index (χ3n) is 1.96.